The maximum absolute atomic E-state index is 9.70. The Morgan fingerprint density at radius 1 is 1.27 bits per heavy atom. The van der Waals surface area contributed by atoms with Crippen molar-refractivity contribution in [2.75, 3.05) is 0 Å². The molecule has 0 spiro atoms. The quantitative estimate of drug-likeness (QED) is 0.663. The molecule has 0 radical (unpaired) electrons. The third kappa shape index (κ3) is 2.82. The molecule has 11 heavy (non-hydrogen) atoms. The Hall–Kier alpha value is -0.0400. The van der Waals surface area contributed by atoms with E-state index in [1.807, 2.05) is 0 Å². The zero-order valence-electron chi connectivity index (χ0n) is 7.88. The van der Waals surface area contributed by atoms with Crippen LogP contribution >= 0.6 is 0 Å². The van der Waals surface area contributed by atoms with Crippen LogP contribution < -0.4 is 0 Å². The molecule has 2 unspecified atom stereocenters. The van der Waals surface area contributed by atoms with E-state index in [2.05, 4.69) is 20.8 Å². The summed E-state index contributed by atoms with van der Waals surface area (Å²) in [7, 11) is 0. The summed E-state index contributed by atoms with van der Waals surface area (Å²) in [6, 6.07) is 0. The van der Waals surface area contributed by atoms with Crippen molar-refractivity contribution in [3.63, 3.8) is 0 Å². The van der Waals surface area contributed by atoms with E-state index < -0.39 is 0 Å². The van der Waals surface area contributed by atoms with Crippen molar-refractivity contribution >= 4 is 0 Å². The van der Waals surface area contributed by atoms with Crippen LogP contribution in [0.4, 0.5) is 0 Å². The first-order valence-corrected chi connectivity index (χ1v) is 4.79. The summed E-state index contributed by atoms with van der Waals surface area (Å²) >= 11 is 0. The fourth-order valence-electron chi connectivity index (χ4n) is 1.35. The maximum Gasteiger partial charge on any atom is 0.0570 e. The first kappa shape index (κ1) is 9.05. The van der Waals surface area contributed by atoms with Crippen molar-refractivity contribution in [2.24, 2.45) is 17.8 Å². The van der Waals surface area contributed by atoms with Crippen LogP contribution in [0.3, 0.4) is 0 Å². The molecule has 0 heterocycles. The second-order valence-electron chi connectivity index (χ2n) is 4.35. The highest BCUT2D eigenvalue weighted by Gasteiger charge is 2.27. The van der Waals surface area contributed by atoms with Gasteiger partial charge in [-0.3, -0.25) is 0 Å². The normalized spacial score (nSPS) is 23.7. The van der Waals surface area contributed by atoms with Crippen LogP contribution in [0.1, 0.15) is 40.0 Å². The fourth-order valence-corrected chi connectivity index (χ4v) is 1.35. The molecule has 66 valence electrons. The summed E-state index contributed by atoms with van der Waals surface area (Å²) in [6.45, 7) is 6.51. The minimum atomic E-state index is -0.0532. The first-order chi connectivity index (χ1) is 5.11. The monoisotopic (exact) mass is 156 g/mol. The molecule has 0 aromatic carbocycles. The van der Waals surface area contributed by atoms with Crippen LogP contribution in [0, 0.1) is 17.8 Å². The van der Waals surface area contributed by atoms with Gasteiger partial charge in [-0.05, 0) is 24.2 Å². The highest BCUT2D eigenvalue weighted by atomic mass is 16.3. The number of aliphatic hydroxyl groups is 1. The molecule has 1 N–H and O–H groups in total. The predicted octanol–water partition coefficient (Wildman–Crippen LogP) is 2.44. The van der Waals surface area contributed by atoms with Gasteiger partial charge in [-0.2, -0.15) is 0 Å². The lowest BCUT2D eigenvalue weighted by atomic mass is 9.89. The van der Waals surface area contributed by atoms with Crippen molar-refractivity contribution in [3.8, 4) is 0 Å². The van der Waals surface area contributed by atoms with E-state index in [9.17, 15) is 5.11 Å². The summed E-state index contributed by atoms with van der Waals surface area (Å²) in [5.41, 5.74) is 0. The van der Waals surface area contributed by atoms with Crippen molar-refractivity contribution in [1.82, 2.24) is 0 Å². The van der Waals surface area contributed by atoms with E-state index in [0.29, 0.717) is 11.8 Å². The molecular weight excluding hydrogens is 136 g/mol. The van der Waals surface area contributed by atoms with Gasteiger partial charge in [-0.15, -0.1) is 0 Å². The van der Waals surface area contributed by atoms with Crippen LogP contribution in [0.5, 0.6) is 0 Å². The molecule has 1 aliphatic rings. The summed E-state index contributed by atoms with van der Waals surface area (Å²) in [5.74, 6) is 1.94. The highest BCUT2D eigenvalue weighted by Crippen LogP contribution is 2.35. The number of rotatable bonds is 4. The van der Waals surface area contributed by atoms with Gasteiger partial charge in [0.25, 0.3) is 0 Å². The number of hydrogen-bond donors (Lipinski definition) is 1. The van der Waals surface area contributed by atoms with Gasteiger partial charge in [0, 0.05) is 0 Å². The highest BCUT2D eigenvalue weighted by molar-refractivity contribution is 4.79. The van der Waals surface area contributed by atoms with Gasteiger partial charge in [-0.25, -0.2) is 0 Å². The van der Waals surface area contributed by atoms with E-state index in [1.165, 1.54) is 12.8 Å². The summed E-state index contributed by atoms with van der Waals surface area (Å²) in [5, 5.41) is 9.70. The van der Waals surface area contributed by atoms with Gasteiger partial charge in [0.2, 0.25) is 0 Å². The molecule has 1 nitrogen and oxygen atoms in total. The Morgan fingerprint density at radius 3 is 2.18 bits per heavy atom. The molecule has 0 bridgehead atoms. The molecule has 1 aliphatic carbocycles. The third-order valence-electron chi connectivity index (χ3n) is 2.93. The lowest BCUT2D eigenvalue weighted by Gasteiger charge is -2.21. The van der Waals surface area contributed by atoms with Gasteiger partial charge in [-0.1, -0.05) is 33.6 Å². The van der Waals surface area contributed by atoms with Gasteiger partial charge in [0.05, 0.1) is 6.10 Å². The molecule has 1 rings (SSSR count). The predicted molar refractivity (Wildman–Crippen MR) is 47.3 cm³/mol. The Balaban J connectivity index is 2.20. The molecule has 1 saturated carbocycles. The third-order valence-corrected chi connectivity index (χ3v) is 2.93. The Morgan fingerprint density at radius 2 is 1.82 bits per heavy atom. The van der Waals surface area contributed by atoms with Gasteiger partial charge >= 0.3 is 0 Å². The van der Waals surface area contributed by atoms with E-state index in [-0.39, 0.29) is 6.10 Å². The standard InChI is InChI=1S/C10H20O/c1-7(2)8(3)10(11)6-9-4-5-9/h7-11H,4-6H2,1-3H3. The Labute approximate surface area is 69.8 Å². The van der Waals surface area contributed by atoms with Crippen LogP contribution in [-0.2, 0) is 0 Å². The van der Waals surface area contributed by atoms with Gasteiger partial charge in [0.15, 0.2) is 0 Å². The van der Waals surface area contributed by atoms with Crippen LogP contribution in [0.15, 0.2) is 0 Å². The average Bonchev–Trinajstić information content (AvgIpc) is 2.69. The fraction of sp³-hybridized carbons (Fsp3) is 1.00. The molecular formula is C10H20O. The van der Waals surface area contributed by atoms with E-state index in [4.69, 9.17) is 0 Å². The Bertz CT molecular complexity index is 116. The van der Waals surface area contributed by atoms with Crippen molar-refractivity contribution < 1.29 is 5.11 Å². The largest absolute Gasteiger partial charge is 0.393 e. The zero-order valence-corrected chi connectivity index (χ0v) is 7.88. The lowest BCUT2D eigenvalue weighted by Crippen LogP contribution is -2.22. The minimum Gasteiger partial charge on any atom is -0.393 e. The van der Waals surface area contributed by atoms with Crippen molar-refractivity contribution in [2.45, 2.75) is 46.1 Å². The van der Waals surface area contributed by atoms with E-state index in [1.54, 1.807) is 0 Å². The van der Waals surface area contributed by atoms with E-state index >= 15 is 0 Å². The van der Waals surface area contributed by atoms with Crippen molar-refractivity contribution in [1.29, 1.82) is 0 Å². The zero-order chi connectivity index (χ0) is 8.43. The molecule has 1 fully saturated rings. The molecule has 0 saturated heterocycles. The maximum atomic E-state index is 9.70. The van der Waals surface area contributed by atoms with Gasteiger partial charge in [0.1, 0.15) is 0 Å². The second kappa shape index (κ2) is 3.57. The molecule has 2 atom stereocenters. The smallest absolute Gasteiger partial charge is 0.0570 e. The molecule has 0 amide bonds. The van der Waals surface area contributed by atoms with Crippen LogP contribution in [-0.4, -0.2) is 11.2 Å². The molecule has 0 aliphatic heterocycles. The van der Waals surface area contributed by atoms with E-state index in [0.717, 1.165) is 12.3 Å². The van der Waals surface area contributed by atoms with Crippen LogP contribution in [0.2, 0.25) is 0 Å². The minimum absolute atomic E-state index is 0.0532. The summed E-state index contributed by atoms with van der Waals surface area (Å²) in [6.07, 6.45) is 3.69. The topological polar surface area (TPSA) is 20.2 Å². The SMILES string of the molecule is CC(C)C(C)C(O)CC1CC1. The van der Waals surface area contributed by atoms with Gasteiger partial charge < -0.3 is 5.11 Å². The molecule has 0 aromatic heterocycles. The molecule has 0 aromatic rings. The van der Waals surface area contributed by atoms with Crippen molar-refractivity contribution in [3.05, 3.63) is 0 Å². The Kier molecular flexibility index (Phi) is 2.94. The number of hydrogen-bond acceptors (Lipinski definition) is 1. The second-order valence-corrected chi connectivity index (χ2v) is 4.35. The summed E-state index contributed by atoms with van der Waals surface area (Å²) in [4.78, 5) is 0. The average molecular weight is 156 g/mol. The lowest BCUT2D eigenvalue weighted by molar-refractivity contribution is 0.0788. The molecule has 1 heteroatoms. The number of aliphatic hydroxyl groups excluding tert-OH is 1. The van der Waals surface area contributed by atoms with Crippen LogP contribution in [0.25, 0.3) is 0 Å². The first-order valence-electron chi connectivity index (χ1n) is 4.79. The summed E-state index contributed by atoms with van der Waals surface area (Å²) < 4.78 is 0.